The molecular formula is C63H99I2N2+. The lowest BCUT2D eigenvalue weighted by Crippen LogP contribution is -2.08. The molecule has 0 bridgehead atoms. The Morgan fingerprint density at radius 3 is 1.61 bits per heavy atom. The third-order valence-electron chi connectivity index (χ3n) is 12.8. The van der Waals surface area contributed by atoms with Gasteiger partial charge >= 0.3 is 0 Å². The maximum absolute atomic E-state index is 5.25. The van der Waals surface area contributed by atoms with Crippen molar-refractivity contribution in [1.82, 2.24) is 9.55 Å². The van der Waals surface area contributed by atoms with Gasteiger partial charge in [0, 0.05) is 37.6 Å². The number of allylic oxidation sites excluding steroid dienone is 8. The lowest BCUT2D eigenvalue weighted by Gasteiger charge is -2.19. The summed E-state index contributed by atoms with van der Waals surface area (Å²) < 4.78 is 5.09. The molecule has 1 aliphatic rings. The number of nitrogens with zero attached hydrogens (tertiary/aromatic N) is 2. The van der Waals surface area contributed by atoms with E-state index in [1.54, 1.807) is 0 Å². The van der Waals surface area contributed by atoms with Crippen molar-refractivity contribution in [3.8, 4) is 22.5 Å². The highest BCUT2D eigenvalue weighted by Crippen LogP contribution is 2.38. The van der Waals surface area contributed by atoms with Crippen LogP contribution < -0.4 is 0 Å². The lowest BCUT2D eigenvalue weighted by molar-refractivity contribution is 0.332. The number of halogens is 2. The number of aromatic nitrogens is 2. The Morgan fingerprint density at radius 2 is 1.12 bits per heavy atom. The first-order valence-corrected chi connectivity index (χ1v) is 30.4. The maximum atomic E-state index is 5.25. The molecular weight excluding hydrogens is 1040 g/mol. The average molecular weight is 1140 g/mol. The van der Waals surface area contributed by atoms with Crippen molar-refractivity contribution in [2.24, 2.45) is 11.8 Å². The molecule has 4 rings (SSSR count). The van der Waals surface area contributed by atoms with Crippen LogP contribution in [0.25, 0.3) is 28.1 Å². The minimum absolute atomic E-state index is 0.952. The van der Waals surface area contributed by atoms with Gasteiger partial charge in [-0.15, -0.1) is 13.2 Å². The van der Waals surface area contributed by atoms with E-state index in [9.17, 15) is 0 Å². The van der Waals surface area contributed by atoms with Crippen LogP contribution in [0.15, 0.2) is 109 Å². The molecule has 4 heteroatoms. The summed E-state index contributed by atoms with van der Waals surface area (Å²) in [5.74, 6) is 3.01. The zero-order chi connectivity index (χ0) is 49.2. The van der Waals surface area contributed by atoms with E-state index >= 15 is 0 Å². The second-order valence-electron chi connectivity index (χ2n) is 18.9. The van der Waals surface area contributed by atoms with Gasteiger partial charge in [0.05, 0.1) is 22.5 Å². The molecule has 1 heterocycles. The molecule has 2 nitrogen and oxygen atoms in total. The Bertz CT molecular complexity index is 1710. The SMILES string of the molecule is C=CCCCC.C=CCCCCCCCCCI.CCCCC(CC)CC(C)CCCCCCCCCI.CCCCn1c(C2=C(C)C=[C+]C=C2C)nc(-c2ccccc2)c1-c1ccccc1. The van der Waals surface area contributed by atoms with E-state index in [2.05, 4.69) is 190 Å². The van der Waals surface area contributed by atoms with Crippen LogP contribution in [0.4, 0.5) is 0 Å². The number of unbranched alkanes of at least 4 members (excludes halogenated alkanes) is 17. The highest BCUT2D eigenvalue weighted by molar-refractivity contribution is 14.1. The summed E-state index contributed by atoms with van der Waals surface area (Å²) in [6.45, 7) is 24.2. The highest BCUT2D eigenvalue weighted by Gasteiger charge is 2.28. The van der Waals surface area contributed by atoms with Crippen molar-refractivity contribution >= 4 is 50.8 Å². The lowest BCUT2D eigenvalue weighted by atomic mass is 9.87. The van der Waals surface area contributed by atoms with Gasteiger partial charge in [0.15, 0.2) is 5.82 Å². The number of alkyl halides is 2. The van der Waals surface area contributed by atoms with Crippen molar-refractivity contribution in [3.63, 3.8) is 0 Å². The van der Waals surface area contributed by atoms with Gasteiger partial charge in [-0.05, 0) is 65.6 Å². The molecule has 2 atom stereocenters. The van der Waals surface area contributed by atoms with Gasteiger partial charge in [0.2, 0.25) is 0 Å². The third-order valence-corrected chi connectivity index (χ3v) is 14.3. The second kappa shape index (κ2) is 43.7. The Morgan fingerprint density at radius 1 is 0.612 bits per heavy atom. The zero-order valence-corrected chi connectivity index (χ0v) is 48.6. The summed E-state index contributed by atoms with van der Waals surface area (Å²) in [6, 6.07) is 21.2. The first-order valence-electron chi connectivity index (χ1n) is 27.3. The molecule has 0 N–H and O–H groups in total. The van der Waals surface area contributed by atoms with Crippen LogP contribution in [-0.2, 0) is 6.54 Å². The van der Waals surface area contributed by atoms with Crippen molar-refractivity contribution < 1.29 is 0 Å². The van der Waals surface area contributed by atoms with E-state index in [1.807, 2.05) is 12.2 Å². The Balaban J connectivity index is 0.000000512. The fourth-order valence-electron chi connectivity index (χ4n) is 8.72. The first kappa shape index (κ1) is 62.7. The van der Waals surface area contributed by atoms with Crippen molar-refractivity contribution in [2.45, 2.75) is 222 Å². The van der Waals surface area contributed by atoms with Crippen molar-refractivity contribution in [1.29, 1.82) is 0 Å². The molecule has 374 valence electrons. The molecule has 2 unspecified atom stereocenters. The maximum Gasteiger partial charge on any atom is 0.168 e. The highest BCUT2D eigenvalue weighted by atomic mass is 127. The summed E-state index contributed by atoms with van der Waals surface area (Å²) in [5, 5.41) is 0. The first-order chi connectivity index (χ1) is 32.8. The Labute approximate surface area is 443 Å². The molecule has 1 aliphatic carbocycles. The molecule has 2 aromatic carbocycles. The van der Waals surface area contributed by atoms with Gasteiger partial charge in [-0.25, -0.2) is 4.98 Å². The van der Waals surface area contributed by atoms with Crippen LogP contribution in [-0.4, -0.2) is 18.4 Å². The van der Waals surface area contributed by atoms with Gasteiger partial charge in [-0.1, -0.05) is 275 Å². The fraction of sp³-hybridized carbons (Fsp3) is 0.603. The number of rotatable bonds is 33. The van der Waals surface area contributed by atoms with E-state index in [0.29, 0.717) is 0 Å². The van der Waals surface area contributed by atoms with Crippen LogP contribution in [0.2, 0.25) is 0 Å². The predicted molar refractivity (Wildman–Crippen MR) is 321 cm³/mol. The predicted octanol–water partition coefficient (Wildman–Crippen LogP) is 22.0. The van der Waals surface area contributed by atoms with Crippen molar-refractivity contribution in [2.75, 3.05) is 8.86 Å². The van der Waals surface area contributed by atoms with E-state index in [0.717, 1.165) is 48.3 Å². The van der Waals surface area contributed by atoms with Crippen LogP contribution in [0.1, 0.15) is 221 Å². The molecule has 0 radical (unpaired) electrons. The van der Waals surface area contributed by atoms with E-state index < -0.39 is 0 Å². The minimum Gasteiger partial charge on any atom is -0.321 e. The Kier molecular flexibility index (Phi) is 40.9. The van der Waals surface area contributed by atoms with Gasteiger partial charge in [-0.2, -0.15) is 0 Å². The molecule has 0 fully saturated rings. The second-order valence-corrected chi connectivity index (χ2v) is 21.1. The van der Waals surface area contributed by atoms with E-state index in [1.165, 1.54) is 191 Å². The zero-order valence-electron chi connectivity index (χ0n) is 44.3. The van der Waals surface area contributed by atoms with Gasteiger partial charge < -0.3 is 4.57 Å². The molecule has 0 aliphatic heterocycles. The Hall–Kier alpha value is -2.28. The summed E-state index contributed by atoms with van der Waals surface area (Å²) >= 11 is 4.95. The van der Waals surface area contributed by atoms with Gasteiger partial charge in [0.25, 0.3) is 0 Å². The normalized spacial score (nSPS) is 12.6. The molecule has 0 spiro atoms. The number of hydrogen-bond donors (Lipinski definition) is 0. The molecule has 0 saturated heterocycles. The van der Waals surface area contributed by atoms with Crippen LogP contribution in [0.3, 0.4) is 0 Å². The summed E-state index contributed by atoms with van der Waals surface area (Å²) in [7, 11) is 0. The standard InChI is InChI=1S/C27H27N2.C19H39I.C11H21I.C6H12/c1-4-5-19-29-26(23-17-10-7-11-18-23)25(22-15-8-6-9-16-22)28-27(29)24-20(2)13-12-14-21(24)3;1-4-6-15-19(5-2)17-18(3)14-12-10-8-7-9-11-13-16-20;1-2-3-4-5-6-7-8-9-10-11-12;1-3-5-6-4-2/h6-11,13-18H,4-5,19H2,1-3H3;18-19H,4-17H2,1-3H3;2H,1,3-11H2;3H,1,4-6H2,2H3/q+1;;;. The van der Waals surface area contributed by atoms with Gasteiger partial charge in [0.1, 0.15) is 17.7 Å². The molecule has 3 aromatic rings. The van der Waals surface area contributed by atoms with Gasteiger partial charge in [-0.3, -0.25) is 0 Å². The third kappa shape index (κ3) is 28.9. The molecule has 0 saturated carbocycles. The van der Waals surface area contributed by atoms with Crippen molar-refractivity contribution in [3.05, 3.63) is 121 Å². The average Bonchev–Trinajstić information content (AvgIpc) is 3.72. The molecule has 67 heavy (non-hydrogen) atoms. The quantitative estimate of drug-likeness (QED) is 0.0195. The summed E-state index contributed by atoms with van der Waals surface area (Å²) in [5.41, 5.74) is 8.26. The van der Waals surface area contributed by atoms with E-state index in [-0.39, 0.29) is 0 Å². The minimum atomic E-state index is 0.952. The smallest absolute Gasteiger partial charge is 0.168 e. The van der Waals surface area contributed by atoms with Crippen LogP contribution in [0, 0.1) is 17.9 Å². The number of imidazole rings is 1. The number of hydrogen-bond acceptors (Lipinski definition) is 1. The monoisotopic (exact) mass is 1140 g/mol. The summed E-state index contributed by atoms with van der Waals surface area (Å²) in [6.07, 6.45) is 47.3. The van der Waals surface area contributed by atoms with Crippen LogP contribution >= 0.6 is 45.2 Å². The summed E-state index contributed by atoms with van der Waals surface area (Å²) in [4.78, 5) is 5.25. The topological polar surface area (TPSA) is 17.8 Å². The number of benzene rings is 2. The molecule has 1 aromatic heterocycles. The van der Waals surface area contributed by atoms with E-state index in [4.69, 9.17) is 4.98 Å². The fourth-order valence-corrected chi connectivity index (χ4v) is 9.80. The molecule has 0 amide bonds. The van der Waals surface area contributed by atoms with Crippen LogP contribution in [0.5, 0.6) is 0 Å². The largest absolute Gasteiger partial charge is 0.321 e.